The van der Waals surface area contributed by atoms with Crippen LogP contribution in [0.1, 0.15) is 50.5 Å². The zero-order chi connectivity index (χ0) is 16.4. The summed E-state index contributed by atoms with van der Waals surface area (Å²) < 4.78 is 0. The van der Waals surface area contributed by atoms with Gasteiger partial charge >= 0.3 is 0 Å². The third kappa shape index (κ3) is 3.03. The number of aromatic amines is 1. The van der Waals surface area contributed by atoms with Crippen LogP contribution in [0.4, 0.5) is 0 Å². The number of amides is 2. The van der Waals surface area contributed by atoms with E-state index in [9.17, 15) is 9.59 Å². The molecule has 2 rings (SSSR count). The van der Waals surface area contributed by atoms with Gasteiger partial charge in [-0.3, -0.25) is 9.59 Å². The summed E-state index contributed by atoms with van der Waals surface area (Å²) in [5.74, 6) is -0.735. The van der Waals surface area contributed by atoms with Crippen LogP contribution in [-0.2, 0) is 0 Å². The molecule has 22 heavy (non-hydrogen) atoms. The highest BCUT2D eigenvalue weighted by Crippen LogP contribution is 2.24. The first-order chi connectivity index (χ1) is 10.3. The SMILES string of the molecule is Cc1ccc(C)c(C(C)N(C)C(=O)c2cc(C(N)=O)c[nH]2)c1. The van der Waals surface area contributed by atoms with Crippen LogP contribution in [0.5, 0.6) is 0 Å². The van der Waals surface area contributed by atoms with Crippen molar-refractivity contribution in [2.75, 3.05) is 7.05 Å². The van der Waals surface area contributed by atoms with Gasteiger partial charge < -0.3 is 15.6 Å². The normalized spacial score (nSPS) is 12.0. The predicted octanol–water partition coefficient (Wildman–Crippen LogP) is 2.56. The Hall–Kier alpha value is -2.56. The molecule has 1 aromatic carbocycles. The van der Waals surface area contributed by atoms with Gasteiger partial charge in [0.25, 0.3) is 5.91 Å². The summed E-state index contributed by atoms with van der Waals surface area (Å²) in [6, 6.07) is 7.61. The van der Waals surface area contributed by atoms with Gasteiger partial charge in [0.15, 0.2) is 0 Å². The first-order valence-electron chi connectivity index (χ1n) is 7.13. The van der Waals surface area contributed by atoms with Gasteiger partial charge in [-0.05, 0) is 38.0 Å². The van der Waals surface area contributed by atoms with E-state index in [-0.39, 0.29) is 11.9 Å². The average molecular weight is 299 g/mol. The van der Waals surface area contributed by atoms with E-state index >= 15 is 0 Å². The Labute approximate surface area is 130 Å². The molecule has 0 saturated carbocycles. The first-order valence-corrected chi connectivity index (χ1v) is 7.13. The van der Waals surface area contributed by atoms with E-state index in [4.69, 9.17) is 5.73 Å². The van der Waals surface area contributed by atoms with E-state index < -0.39 is 5.91 Å². The highest BCUT2D eigenvalue weighted by Gasteiger charge is 2.22. The second-order valence-corrected chi connectivity index (χ2v) is 5.62. The molecule has 5 heteroatoms. The summed E-state index contributed by atoms with van der Waals surface area (Å²) in [6.07, 6.45) is 1.45. The number of rotatable bonds is 4. The Morgan fingerprint density at radius 2 is 1.91 bits per heavy atom. The van der Waals surface area contributed by atoms with Crippen LogP contribution < -0.4 is 5.73 Å². The molecule has 2 amide bonds. The lowest BCUT2D eigenvalue weighted by Gasteiger charge is -2.26. The molecule has 0 spiro atoms. The summed E-state index contributed by atoms with van der Waals surface area (Å²) >= 11 is 0. The van der Waals surface area contributed by atoms with E-state index in [1.165, 1.54) is 12.3 Å². The van der Waals surface area contributed by atoms with E-state index in [0.29, 0.717) is 11.3 Å². The topological polar surface area (TPSA) is 79.2 Å². The molecule has 0 aliphatic heterocycles. The van der Waals surface area contributed by atoms with Crippen LogP contribution in [0.3, 0.4) is 0 Å². The van der Waals surface area contributed by atoms with Crippen LogP contribution in [0.15, 0.2) is 30.5 Å². The molecule has 0 radical (unpaired) electrons. The Morgan fingerprint density at radius 1 is 1.23 bits per heavy atom. The van der Waals surface area contributed by atoms with Gasteiger partial charge in [0.1, 0.15) is 5.69 Å². The highest BCUT2D eigenvalue weighted by atomic mass is 16.2. The van der Waals surface area contributed by atoms with Crippen molar-refractivity contribution in [3.05, 3.63) is 58.4 Å². The number of hydrogen-bond donors (Lipinski definition) is 2. The van der Waals surface area contributed by atoms with Gasteiger partial charge in [-0.1, -0.05) is 23.8 Å². The Bertz CT molecular complexity index is 718. The lowest BCUT2D eigenvalue weighted by Crippen LogP contribution is -2.30. The van der Waals surface area contributed by atoms with Gasteiger partial charge in [0.2, 0.25) is 5.91 Å². The number of hydrogen-bond acceptors (Lipinski definition) is 2. The first kappa shape index (κ1) is 15.8. The summed E-state index contributed by atoms with van der Waals surface area (Å²) in [6.45, 7) is 6.04. The second kappa shape index (κ2) is 6.05. The quantitative estimate of drug-likeness (QED) is 0.910. The number of aromatic nitrogens is 1. The van der Waals surface area contributed by atoms with Gasteiger partial charge in [0, 0.05) is 13.2 Å². The van der Waals surface area contributed by atoms with Crippen LogP contribution >= 0.6 is 0 Å². The lowest BCUT2D eigenvalue weighted by atomic mass is 9.99. The van der Waals surface area contributed by atoms with Crippen molar-refractivity contribution < 1.29 is 9.59 Å². The molecule has 0 saturated heterocycles. The number of benzene rings is 1. The van der Waals surface area contributed by atoms with Crippen molar-refractivity contribution in [1.82, 2.24) is 9.88 Å². The second-order valence-electron chi connectivity index (χ2n) is 5.62. The van der Waals surface area contributed by atoms with Crippen LogP contribution in [0.2, 0.25) is 0 Å². The molecule has 116 valence electrons. The minimum absolute atomic E-state index is 0.0762. The molecule has 0 aliphatic rings. The molecule has 2 aromatic rings. The number of nitrogens with zero attached hydrogens (tertiary/aromatic N) is 1. The maximum Gasteiger partial charge on any atom is 0.270 e. The Morgan fingerprint density at radius 3 is 2.50 bits per heavy atom. The fourth-order valence-corrected chi connectivity index (χ4v) is 2.44. The standard InChI is InChI=1S/C17H21N3O2/c1-10-5-6-11(2)14(7-10)12(3)20(4)17(22)15-8-13(9-19-15)16(18)21/h5-9,12,19H,1-4H3,(H2,18,21). The molecule has 3 N–H and O–H groups in total. The number of primary amides is 1. The molecule has 0 fully saturated rings. The summed E-state index contributed by atoms with van der Waals surface area (Å²) in [5.41, 5.74) is 9.27. The summed E-state index contributed by atoms with van der Waals surface area (Å²) in [4.78, 5) is 28.1. The van der Waals surface area contributed by atoms with Crippen molar-refractivity contribution in [2.45, 2.75) is 26.8 Å². The Balaban J connectivity index is 2.25. The molecule has 5 nitrogen and oxygen atoms in total. The predicted molar refractivity (Wildman–Crippen MR) is 85.7 cm³/mol. The summed E-state index contributed by atoms with van der Waals surface area (Å²) in [5, 5.41) is 0. The third-order valence-electron chi connectivity index (χ3n) is 3.98. The summed E-state index contributed by atoms with van der Waals surface area (Å²) in [7, 11) is 1.75. The number of aryl methyl sites for hydroxylation is 2. The number of carbonyl (C=O) groups excluding carboxylic acids is 2. The zero-order valence-corrected chi connectivity index (χ0v) is 13.3. The van der Waals surface area contributed by atoms with Crippen molar-refractivity contribution >= 4 is 11.8 Å². The van der Waals surface area contributed by atoms with Crippen molar-refractivity contribution in [3.8, 4) is 0 Å². The number of H-pyrrole nitrogens is 1. The molecular weight excluding hydrogens is 278 g/mol. The Kier molecular flexibility index (Phi) is 4.35. The van der Waals surface area contributed by atoms with Gasteiger partial charge in [-0.2, -0.15) is 0 Å². The third-order valence-corrected chi connectivity index (χ3v) is 3.98. The maximum atomic E-state index is 12.5. The molecule has 1 unspecified atom stereocenters. The number of nitrogens with one attached hydrogen (secondary N) is 1. The lowest BCUT2D eigenvalue weighted by molar-refractivity contribution is 0.0737. The average Bonchev–Trinajstić information content (AvgIpc) is 2.97. The van der Waals surface area contributed by atoms with Crippen LogP contribution in [0, 0.1) is 13.8 Å². The molecule has 0 aliphatic carbocycles. The number of nitrogens with two attached hydrogens (primary N) is 1. The molecule has 1 atom stereocenters. The van der Waals surface area contributed by atoms with Gasteiger partial charge in [-0.25, -0.2) is 0 Å². The van der Waals surface area contributed by atoms with Gasteiger partial charge in [0.05, 0.1) is 11.6 Å². The van der Waals surface area contributed by atoms with E-state index in [1.54, 1.807) is 11.9 Å². The largest absolute Gasteiger partial charge is 0.366 e. The maximum absolute atomic E-state index is 12.5. The van der Waals surface area contributed by atoms with Gasteiger partial charge in [-0.15, -0.1) is 0 Å². The van der Waals surface area contributed by atoms with Crippen molar-refractivity contribution in [1.29, 1.82) is 0 Å². The van der Waals surface area contributed by atoms with E-state index in [1.807, 2.05) is 20.8 Å². The fourth-order valence-electron chi connectivity index (χ4n) is 2.44. The monoisotopic (exact) mass is 299 g/mol. The molecule has 1 aromatic heterocycles. The van der Waals surface area contributed by atoms with Crippen molar-refractivity contribution in [2.24, 2.45) is 5.73 Å². The minimum atomic E-state index is -0.555. The van der Waals surface area contributed by atoms with Crippen molar-refractivity contribution in [3.63, 3.8) is 0 Å². The van der Waals surface area contributed by atoms with Crippen LogP contribution in [-0.4, -0.2) is 28.7 Å². The molecular formula is C17H21N3O2. The number of carbonyl (C=O) groups is 2. The zero-order valence-electron chi connectivity index (χ0n) is 13.3. The minimum Gasteiger partial charge on any atom is -0.366 e. The highest BCUT2D eigenvalue weighted by molar-refractivity contribution is 5.98. The van der Waals surface area contributed by atoms with E-state index in [2.05, 4.69) is 23.2 Å². The smallest absolute Gasteiger partial charge is 0.270 e. The van der Waals surface area contributed by atoms with Crippen LogP contribution in [0.25, 0.3) is 0 Å². The molecule has 1 heterocycles. The van der Waals surface area contributed by atoms with E-state index in [0.717, 1.165) is 16.7 Å². The fraction of sp³-hybridized carbons (Fsp3) is 0.294. The molecule has 0 bridgehead atoms.